The molecule has 0 saturated heterocycles. The predicted molar refractivity (Wildman–Crippen MR) is 168 cm³/mol. The monoisotopic (exact) mass is 622 g/mol. The summed E-state index contributed by atoms with van der Waals surface area (Å²) >= 11 is 0. The van der Waals surface area contributed by atoms with Crippen molar-refractivity contribution in [1.82, 2.24) is 14.5 Å². The zero-order valence-corrected chi connectivity index (χ0v) is 24.8. The van der Waals surface area contributed by atoms with Gasteiger partial charge in [-0.25, -0.2) is 4.98 Å². The molecule has 3 heterocycles. The fraction of sp³-hybridized carbons (Fsp3) is 0.206. The topological polar surface area (TPSA) is 162 Å². The smallest absolute Gasteiger partial charge is 0.268 e. The Morgan fingerprint density at radius 1 is 1.00 bits per heavy atom. The number of aliphatic hydroxyl groups excluding tert-OH is 2. The minimum atomic E-state index is -1.04. The largest absolute Gasteiger partial charge is 0.493 e. The van der Waals surface area contributed by atoms with Crippen LogP contribution < -0.4 is 25.1 Å². The average molecular weight is 623 g/mol. The summed E-state index contributed by atoms with van der Waals surface area (Å²) in [5.74, 6) is 0.916. The normalized spacial score (nSPS) is 13.2. The second kappa shape index (κ2) is 13.2. The Bertz CT molecular complexity index is 1980. The fourth-order valence-electron chi connectivity index (χ4n) is 5.26. The van der Waals surface area contributed by atoms with Crippen LogP contribution in [0.1, 0.15) is 39.3 Å². The number of Topliss-reactive ketones (excluding diaryl/α,β-unsaturated/α-hetero) is 1. The van der Waals surface area contributed by atoms with Gasteiger partial charge in [-0.3, -0.25) is 23.9 Å². The van der Waals surface area contributed by atoms with E-state index in [0.717, 1.165) is 0 Å². The van der Waals surface area contributed by atoms with Crippen molar-refractivity contribution in [2.24, 2.45) is 0 Å². The first kappa shape index (κ1) is 30.4. The number of fused-ring (bicyclic) bond motifs is 2. The number of para-hydroxylation sites is 1. The number of rotatable bonds is 10. The van der Waals surface area contributed by atoms with Crippen LogP contribution in [0.3, 0.4) is 0 Å². The number of carbonyl (C=O) groups excluding carboxylic acids is 2. The van der Waals surface area contributed by atoms with Crippen LogP contribution in [-0.2, 0) is 6.42 Å². The average Bonchev–Trinajstić information content (AvgIpc) is 3.08. The van der Waals surface area contributed by atoms with E-state index in [9.17, 15) is 19.5 Å². The number of carbonyl (C=O) groups is 2. The van der Waals surface area contributed by atoms with E-state index in [2.05, 4.69) is 15.3 Å². The molecule has 0 bridgehead atoms. The fourth-order valence-corrected chi connectivity index (χ4v) is 5.26. The van der Waals surface area contributed by atoms with E-state index in [0.29, 0.717) is 70.1 Å². The Labute approximate surface area is 262 Å². The van der Waals surface area contributed by atoms with Crippen molar-refractivity contribution < 1.29 is 34.0 Å². The van der Waals surface area contributed by atoms with Crippen molar-refractivity contribution >= 4 is 28.4 Å². The zero-order chi connectivity index (χ0) is 32.2. The first-order valence-electron chi connectivity index (χ1n) is 14.6. The molecule has 46 heavy (non-hydrogen) atoms. The van der Waals surface area contributed by atoms with Crippen molar-refractivity contribution in [2.45, 2.75) is 25.4 Å². The molecule has 3 N–H and O–H groups in total. The van der Waals surface area contributed by atoms with Crippen LogP contribution in [-0.4, -0.2) is 62.9 Å². The van der Waals surface area contributed by atoms with Crippen LogP contribution in [0.2, 0.25) is 0 Å². The van der Waals surface area contributed by atoms with Crippen LogP contribution in [0.15, 0.2) is 83.9 Å². The Kier molecular flexibility index (Phi) is 8.72. The van der Waals surface area contributed by atoms with Gasteiger partial charge in [-0.1, -0.05) is 18.2 Å². The van der Waals surface area contributed by atoms with E-state index in [1.807, 2.05) is 6.07 Å². The van der Waals surface area contributed by atoms with Crippen LogP contribution in [0.25, 0.3) is 16.6 Å². The van der Waals surface area contributed by atoms with Gasteiger partial charge in [0, 0.05) is 41.0 Å². The van der Waals surface area contributed by atoms with E-state index in [1.165, 1.54) is 30.0 Å². The maximum absolute atomic E-state index is 13.6. The van der Waals surface area contributed by atoms with E-state index in [4.69, 9.17) is 19.3 Å². The van der Waals surface area contributed by atoms with Crippen molar-refractivity contribution in [2.75, 3.05) is 25.6 Å². The maximum Gasteiger partial charge on any atom is 0.268 e. The lowest BCUT2D eigenvalue weighted by atomic mass is 9.92. The number of hydrogen-bond acceptors (Lipinski definition) is 10. The van der Waals surface area contributed by atoms with E-state index in [1.54, 1.807) is 54.7 Å². The quantitative estimate of drug-likeness (QED) is 0.207. The number of benzene rings is 2. The Morgan fingerprint density at radius 2 is 1.83 bits per heavy atom. The third-order valence-electron chi connectivity index (χ3n) is 7.51. The van der Waals surface area contributed by atoms with Crippen molar-refractivity contribution in [1.29, 1.82) is 0 Å². The molecule has 0 saturated carbocycles. The highest BCUT2D eigenvalue weighted by molar-refractivity contribution is 6.06. The molecule has 3 aromatic heterocycles. The summed E-state index contributed by atoms with van der Waals surface area (Å²) < 4.78 is 18.6. The molecule has 1 amide bonds. The van der Waals surface area contributed by atoms with Gasteiger partial charge in [-0.2, -0.15) is 0 Å². The molecule has 0 spiro atoms. The molecule has 1 atom stereocenters. The summed E-state index contributed by atoms with van der Waals surface area (Å²) in [5, 5.41) is 22.0. The van der Waals surface area contributed by atoms with Crippen LogP contribution in [0.4, 0.5) is 5.82 Å². The minimum Gasteiger partial charge on any atom is -0.493 e. The Morgan fingerprint density at radius 3 is 2.57 bits per heavy atom. The summed E-state index contributed by atoms with van der Waals surface area (Å²) in [4.78, 5) is 48.4. The lowest BCUT2D eigenvalue weighted by Gasteiger charge is -2.21. The molecule has 6 rings (SSSR count). The van der Waals surface area contributed by atoms with E-state index in [-0.39, 0.29) is 23.8 Å². The maximum atomic E-state index is 13.6. The third-order valence-corrected chi connectivity index (χ3v) is 7.51. The van der Waals surface area contributed by atoms with Gasteiger partial charge in [-0.05, 0) is 55.3 Å². The first-order valence-corrected chi connectivity index (χ1v) is 14.6. The van der Waals surface area contributed by atoms with E-state index >= 15 is 0 Å². The summed E-state index contributed by atoms with van der Waals surface area (Å²) in [6.45, 7) is -0.567. The molecule has 1 aliphatic carbocycles. The number of nitrogens with one attached hydrogen (secondary N) is 1. The standard InChI is InChI=1S/C34H30N4O8/c1-44-30-15-23-26(16-31(30)45-19-21(40)18-39)35-13-12-29(23)46-22-10-11-32(36-17-22)37-33(42)25-14-24-27(8-5-9-28(24)41)38(34(25)43)20-6-3-2-4-7-20/h2-4,6-7,10-17,21,39-40H,5,8-9,18-19H2,1H3,(H,36,37,42)/t21-/m0/s1. The van der Waals surface area contributed by atoms with Crippen molar-refractivity contribution in [3.63, 3.8) is 0 Å². The number of nitrogens with zero attached hydrogens (tertiary/aromatic N) is 3. The lowest BCUT2D eigenvalue weighted by Crippen LogP contribution is -2.33. The van der Waals surface area contributed by atoms with Crippen LogP contribution >= 0.6 is 0 Å². The van der Waals surface area contributed by atoms with Gasteiger partial charge in [0.1, 0.15) is 35.6 Å². The van der Waals surface area contributed by atoms with Gasteiger partial charge in [-0.15, -0.1) is 0 Å². The molecule has 12 nitrogen and oxygen atoms in total. The number of hydrogen-bond donors (Lipinski definition) is 3. The third kappa shape index (κ3) is 6.16. The minimum absolute atomic E-state index is 0.106. The number of anilines is 1. The second-order valence-corrected chi connectivity index (χ2v) is 10.6. The summed E-state index contributed by atoms with van der Waals surface area (Å²) in [6.07, 6.45) is 3.48. The number of methoxy groups -OCH3 is 1. The molecule has 0 aliphatic heterocycles. The van der Waals surface area contributed by atoms with Gasteiger partial charge < -0.3 is 29.7 Å². The number of aliphatic hydroxyl groups is 2. The number of amides is 1. The molecular weight excluding hydrogens is 592 g/mol. The number of ketones is 1. The predicted octanol–water partition coefficient (Wildman–Crippen LogP) is 4.08. The molecule has 2 aromatic carbocycles. The highest BCUT2D eigenvalue weighted by atomic mass is 16.5. The number of ether oxygens (including phenoxy) is 3. The van der Waals surface area contributed by atoms with Crippen molar-refractivity contribution in [3.8, 4) is 28.7 Å². The molecule has 234 valence electrons. The molecule has 0 unspecified atom stereocenters. The summed E-state index contributed by atoms with van der Waals surface area (Å²) in [5.41, 5.74) is 1.42. The summed E-state index contributed by atoms with van der Waals surface area (Å²) in [7, 11) is 1.48. The highest BCUT2D eigenvalue weighted by Crippen LogP contribution is 2.37. The molecule has 5 aromatic rings. The molecule has 0 fully saturated rings. The first-order chi connectivity index (χ1) is 22.4. The van der Waals surface area contributed by atoms with Gasteiger partial charge >= 0.3 is 0 Å². The highest BCUT2D eigenvalue weighted by Gasteiger charge is 2.26. The molecular formula is C34H30N4O8. The van der Waals surface area contributed by atoms with Gasteiger partial charge in [0.25, 0.3) is 11.5 Å². The van der Waals surface area contributed by atoms with Crippen LogP contribution in [0, 0.1) is 0 Å². The van der Waals surface area contributed by atoms with Gasteiger partial charge in [0.15, 0.2) is 17.3 Å². The SMILES string of the molecule is COc1cc2c(Oc3ccc(NC(=O)c4cc5c(n(-c6ccccc6)c4=O)CCCC5=O)nc3)ccnc2cc1OC[C@@H](O)CO. The number of pyridine rings is 3. The Balaban J connectivity index is 1.23. The van der Waals surface area contributed by atoms with Gasteiger partial charge in [0.05, 0.1) is 25.4 Å². The molecule has 0 radical (unpaired) electrons. The molecule has 1 aliphatic rings. The lowest BCUT2D eigenvalue weighted by molar-refractivity contribution is 0.0528. The summed E-state index contributed by atoms with van der Waals surface area (Å²) in [6, 6.07) is 18.5. The van der Waals surface area contributed by atoms with Crippen molar-refractivity contribution in [3.05, 3.63) is 106 Å². The second-order valence-electron chi connectivity index (χ2n) is 10.6. The van der Waals surface area contributed by atoms with Crippen LogP contribution in [0.5, 0.6) is 23.0 Å². The Hall–Kier alpha value is -5.59. The number of aromatic nitrogens is 3. The molecule has 12 heteroatoms. The van der Waals surface area contributed by atoms with Gasteiger partial charge in [0.2, 0.25) is 0 Å². The zero-order valence-electron chi connectivity index (χ0n) is 24.8. The van der Waals surface area contributed by atoms with E-state index < -0.39 is 24.2 Å².